The summed E-state index contributed by atoms with van der Waals surface area (Å²) in [4.78, 5) is 8.16. The molecule has 2 aromatic rings. The van der Waals surface area contributed by atoms with Gasteiger partial charge in [-0.2, -0.15) is 0 Å². The number of aryl methyl sites for hydroxylation is 1. The van der Waals surface area contributed by atoms with Gasteiger partial charge in [0.1, 0.15) is 6.33 Å². The minimum atomic E-state index is 0.549. The summed E-state index contributed by atoms with van der Waals surface area (Å²) >= 11 is 0. The predicted molar refractivity (Wildman–Crippen MR) is 56.6 cm³/mol. The zero-order valence-corrected chi connectivity index (χ0v) is 8.01. The molecule has 0 saturated heterocycles. The highest BCUT2D eigenvalue weighted by Crippen LogP contribution is 2.15. The Labute approximate surface area is 82.1 Å². The minimum Gasteiger partial charge on any atom is -0.342 e. The van der Waals surface area contributed by atoms with Gasteiger partial charge in [0.25, 0.3) is 0 Å². The molecule has 0 aliphatic carbocycles. The first-order valence-corrected chi connectivity index (χ1v) is 4.45. The molecule has 0 spiro atoms. The van der Waals surface area contributed by atoms with E-state index in [2.05, 4.69) is 9.97 Å². The van der Waals surface area contributed by atoms with E-state index < -0.39 is 0 Å². The standard InChI is InChI=1S/C10H12N4/c1-14-8(3-2-4-11)5-9-10(14)6-12-7-13-9/h2-3,5-7H,4,11H2,1H3/b3-2+. The number of nitrogens with two attached hydrogens (primary N) is 1. The molecule has 0 aliphatic rings. The van der Waals surface area contributed by atoms with Crippen molar-refractivity contribution < 1.29 is 0 Å². The van der Waals surface area contributed by atoms with Gasteiger partial charge in [0.2, 0.25) is 0 Å². The Morgan fingerprint density at radius 1 is 1.57 bits per heavy atom. The Balaban J connectivity index is 2.57. The van der Waals surface area contributed by atoms with Crippen molar-refractivity contribution in [2.24, 2.45) is 12.8 Å². The van der Waals surface area contributed by atoms with E-state index in [0.717, 1.165) is 16.7 Å². The Morgan fingerprint density at radius 2 is 2.43 bits per heavy atom. The number of hydrogen-bond acceptors (Lipinski definition) is 3. The highest BCUT2D eigenvalue weighted by molar-refractivity contribution is 5.78. The zero-order valence-electron chi connectivity index (χ0n) is 8.01. The van der Waals surface area contributed by atoms with E-state index >= 15 is 0 Å². The highest BCUT2D eigenvalue weighted by atomic mass is 15.0. The minimum absolute atomic E-state index is 0.549. The van der Waals surface area contributed by atoms with Crippen molar-refractivity contribution in [1.29, 1.82) is 0 Å². The van der Waals surface area contributed by atoms with Crippen molar-refractivity contribution in [2.45, 2.75) is 0 Å². The fraction of sp³-hybridized carbons (Fsp3) is 0.200. The van der Waals surface area contributed by atoms with Crippen LogP contribution in [0.2, 0.25) is 0 Å². The summed E-state index contributed by atoms with van der Waals surface area (Å²) in [6, 6.07) is 2.02. The van der Waals surface area contributed by atoms with Gasteiger partial charge in [-0.1, -0.05) is 6.08 Å². The van der Waals surface area contributed by atoms with Gasteiger partial charge in [-0.25, -0.2) is 9.97 Å². The second kappa shape index (κ2) is 3.59. The van der Waals surface area contributed by atoms with Crippen molar-refractivity contribution in [3.8, 4) is 0 Å². The van der Waals surface area contributed by atoms with Crippen LogP contribution in [-0.2, 0) is 7.05 Å². The summed E-state index contributed by atoms with van der Waals surface area (Å²) in [6.45, 7) is 0.549. The fourth-order valence-electron chi connectivity index (χ4n) is 1.43. The molecule has 14 heavy (non-hydrogen) atoms. The predicted octanol–water partition coefficient (Wildman–Crippen LogP) is 0.940. The molecule has 4 nitrogen and oxygen atoms in total. The third kappa shape index (κ3) is 1.40. The third-order valence-electron chi connectivity index (χ3n) is 2.18. The lowest BCUT2D eigenvalue weighted by molar-refractivity contribution is 0.948. The molecule has 2 heterocycles. The SMILES string of the molecule is Cn1c(/C=C/CN)cc2ncncc21. The molecule has 0 unspecified atom stereocenters. The summed E-state index contributed by atoms with van der Waals surface area (Å²) in [5.41, 5.74) is 8.47. The van der Waals surface area contributed by atoms with Gasteiger partial charge in [-0.05, 0) is 12.1 Å². The van der Waals surface area contributed by atoms with Gasteiger partial charge >= 0.3 is 0 Å². The van der Waals surface area contributed by atoms with Gasteiger partial charge in [0.05, 0.1) is 17.2 Å². The van der Waals surface area contributed by atoms with Gasteiger partial charge in [0, 0.05) is 19.3 Å². The van der Waals surface area contributed by atoms with E-state index in [4.69, 9.17) is 5.73 Å². The summed E-state index contributed by atoms with van der Waals surface area (Å²) in [7, 11) is 1.99. The number of nitrogens with zero attached hydrogens (tertiary/aromatic N) is 3. The first-order chi connectivity index (χ1) is 6.83. The van der Waals surface area contributed by atoms with Crippen LogP contribution in [0.1, 0.15) is 5.69 Å². The van der Waals surface area contributed by atoms with Crippen LogP contribution in [0.4, 0.5) is 0 Å². The molecule has 0 fully saturated rings. The molecular formula is C10H12N4. The molecule has 0 saturated carbocycles. The van der Waals surface area contributed by atoms with Crippen LogP contribution >= 0.6 is 0 Å². The number of rotatable bonds is 2. The molecule has 0 bridgehead atoms. The highest BCUT2D eigenvalue weighted by Gasteiger charge is 2.02. The van der Waals surface area contributed by atoms with Crippen LogP contribution in [0.25, 0.3) is 17.1 Å². The molecule has 2 N–H and O–H groups in total. The van der Waals surface area contributed by atoms with Crippen LogP contribution in [0.3, 0.4) is 0 Å². The third-order valence-corrected chi connectivity index (χ3v) is 2.18. The number of aromatic nitrogens is 3. The fourth-order valence-corrected chi connectivity index (χ4v) is 1.43. The van der Waals surface area contributed by atoms with Crippen LogP contribution in [0.15, 0.2) is 24.7 Å². The second-order valence-electron chi connectivity index (χ2n) is 3.06. The maximum atomic E-state index is 5.40. The Kier molecular flexibility index (Phi) is 2.28. The van der Waals surface area contributed by atoms with E-state index in [9.17, 15) is 0 Å². The van der Waals surface area contributed by atoms with E-state index in [-0.39, 0.29) is 0 Å². The van der Waals surface area contributed by atoms with Crippen LogP contribution in [0, 0.1) is 0 Å². The van der Waals surface area contributed by atoms with Crippen molar-refractivity contribution in [2.75, 3.05) is 6.54 Å². The Morgan fingerprint density at radius 3 is 3.14 bits per heavy atom. The molecule has 0 aliphatic heterocycles. The molecule has 0 atom stereocenters. The van der Waals surface area contributed by atoms with Crippen LogP contribution in [0.5, 0.6) is 0 Å². The summed E-state index contributed by atoms with van der Waals surface area (Å²) in [6.07, 6.45) is 7.27. The average molecular weight is 188 g/mol. The molecule has 2 rings (SSSR count). The lowest BCUT2D eigenvalue weighted by Gasteiger charge is -1.97. The molecule has 0 amide bonds. The number of hydrogen-bond donors (Lipinski definition) is 1. The summed E-state index contributed by atoms with van der Waals surface area (Å²) < 4.78 is 2.04. The maximum Gasteiger partial charge on any atom is 0.116 e. The van der Waals surface area contributed by atoms with Crippen LogP contribution in [-0.4, -0.2) is 21.1 Å². The van der Waals surface area contributed by atoms with Crippen molar-refractivity contribution in [3.05, 3.63) is 30.4 Å². The molecule has 72 valence electrons. The number of fused-ring (bicyclic) bond motifs is 1. The van der Waals surface area contributed by atoms with E-state index in [1.165, 1.54) is 0 Å². The van der Waals surface area contributed by atoms with E-state index in [1.807, 2.05) is 36.0 Å². The van der Waals surface area contributed by atoms with E-state index in [0.29, 0.717) is 6.54 Å². The second-order valence-corrected chi connectivity index (χ2v) is 3.06. The lowest BCUT2D eigenvalue weighted by atomic mass is 10.3. The van der Waals surface area contributed by atoms with Crippen molar-refractivity contribution in [3.63, 3.8) is 0 Å². The van der Waals surface area contributed by atoms with E-state index in [1.54, 1.807) is 6.33 Å². The lowest BCUT2D eigenvalue weighted by Crippen LogP contribution is -1.94. The van der Waals surface area contributed by atoms with Crippen LogP contribution < -0.4 is 5.73 Å². The summed E-state index contributed by atoms with van der Waals surface area (Å²) in [5, 5.41) is 0. The Hall–Kier alpha value is -1.68. The quantitative estimate of drug-likeness (QED) is 0.763. The smallest absolute Gasteiger partial charge is 0.116 e. The molecule has 0 radical (unpaired) electrons. The first-order valence-electron chi connectivity index (χ1n) is 4.45. The van der Waals surface area contributed by atoms with Gasteiger partial charge in [-0.15, -0.1) is 0 Å². The maximum absolute atomic E-state index is 5.40. The van der Waals surface area contributed by atoms with Gasteiger partial charge < -0.3 is 10.3 Å². The van der Waals surface area contributed by atoms with Crippen molar-refractivity contribution >= 4 is 17.1 Å². The topological polar surface area (TPSA) is 56.7 Å². The first kappa shape index (κ1) is 8.90. The summed E-state index contributed by atoms with van der Waals surface area (Å²) in [5.74, 6) is 0. The normalized spacial score (nSPS) is 11.6. The molecule has 4 heteroatoms. The Bertz CT molecular complexity index is 470. The largest absolute Gasteiger partial charge is 0.342 e. The average Bonchev–Trinajstić information content (AvgIpc) is 2.54. The monoisotopic (exact) mass is 188 g/mol. The van der Waals surface area contributed by atoms with Crippen molar-refractivity contribution in [1.82, 2.24) is 14.5 Å². The van der Waals surface area contributed by atoms with Gasteiger partial charge in [0.15, 0.2) is 0 Å². The molecule has 0 aromatic carbocycles. The zero-order chi connectivity index (χ0) is 9.97. The molecular weight excluding hydrogens is 176 g/mol. The molecule has 2 aromatic heterocycles. The van der Waals surface area contributed by atoms with Gasteiger partial charge in [-0.3, -0.25) is 0 Å².